The molecule has 2 heterocycles. The van der Waals surface area contributed by atoms with Crippen LogP contribution >= 0.6 is 0 Å². The number of amides is 1. The van der Waals surface area contributed by atoms with E-state index in [2.05, 4.69) is 47.0 Å². The lowest BCUT2D eigenvalue weighted by Gasteiger charge is -2.29. The van der Waals surface area contributed by atoms with Gasteiger partial charge in [-0.1, -0.05) is 60.7 Å². The van der Waals surface area contributed by atoms with Gasteiger partial charge in [0.1, 0.15) is 12.4 Å². The van der Waals surface area contributed by atoms with Gasteiger partial charge in [0.25, 0.3) is 5.91 Å². The van der Waals surface area contributed by atoms with E-state index in [-0.39, 0.29) is 5.91 Å². The van der Waals surface area contributed by atoms with Gasteiger partial charge < -0.3 is 14.2 Å². The number of fused-ring (bicyclic) bond motifs is 2. The molecule has 31 heavy (non-hydrogen) atoms. The van der Waals surface area contributed by atoms with Crippen molar-refractivity contribution in [2.75, 3.05) is 18.1 Å². The van der Waals surface area contributed by atoms with Crippen LogP contribution in [0, 0.1) is 0 Å². The van der Waals surface area contributed by atoms with E-state index in [1.165, 1.54) is 5.56 Å². The number of carbonyl (C=O) groups excluding carboxylic acids is 1. The first-order valence-electron chi connectivity index (χ1n) is 11.0. The Balaban J connectivity index is 1.37. The number of carbonyl (C=O) groups is 1. The van der Waals surface area contributed by atoms with E-state index in [0.29, 0.717) is 13.2 Å². The van der Waals surface area contributed by atoms with Crippen molar-refractivity contribution in [1.82, 2.24) is 4.57 Å². The van der Waals surface area contributed by atoms with Crippen LogP contribution in [0.3, 0.4) is 0 Å². The van der Waals surface area contributed by atoms with Gasteiger partial charge in [0.15, 0.2) is 0 Å². The summed E-state index contributed by atoms with van der Waals surface area (Å²) in [6.07, 6.45) is 5.31. The summed E-state index contributed by atoms with van der Waals surface area (Å²) in [6, 6.07) is 26.6. The first-order valence-corrected chi connectivity index (χ1v) is 11.0. The highest BCUT2D eigenvalue weighted by molar-refractivity contribution is 6.14. The second kappa shape index (κ2) is 8.68. The molecule has 0 saturated heterocycles. The second-order valence-corrected chi connectivity index (χ2v) is 7.97. The molecule has 0 fully saturated rings. The molecule has 0 unspecified atom stereocenters. The van der Waals surface area contributed by atoms with Crippen LogP contribution in [0.5, 0.6) is 5.75 Å². The Labute approximate surface area is 182 Å². The number of rotatable bonds is 6. The summed E-state index contributed by atoms with van der Waals surface area (Å²) >= 11 is 0. The smallest absolute Gasteiger partial charge is 0.260 e. The molecule has 1 aromatic heterocycles. The number of aryl methyl sites for hydroxylation is 2. The number of para-hydroxylation sites is 3. The van der Waals surface area contributed by atoms with Crippen LogP contribution in [0.1, 0.15) is 28.8 Å². The molecular weight excluding hydrogens is 384 g/mol. The van der Waals surface area contributed by atoms with Gasteiger partial charge in [0.05, 0.1) is 17.8 Å². The number of anilines is 1. The van der Waals surface area contributed by atoms with Gasteiger partial charge >= 0.3 is 0 Å². The number of hydrogen-bond acceptors (Lipinski definition) is 2. The number of unbranched alkanes of at least 4 members (excludes halogenated alkanes) is 1. The van der Waals surface area contributed by atoms with Crippen molar-refractivity contribution in [1.29, 1.82) is 0 Å². The molecule has 0 aliphatic carbocycles. The summed E-state index contributed by atoms with van der Waals surface area (Å²) < 4.78 is 7.97. The topological polar surface area (TPSA) is 34.5 Å². The summed E-state index contributed by atoms with van der Waals surface area (Å²) in [5, 5.41) is 1.01. The highest BCUT2D eigenvalue weighted by Crippen LogP contribution is 2.33. The van der Waals surface area contributed by atoms with Crippen LogP contribution in [-0.4, -0.2) is 23.6 Å². The van der Waals surface area contributed by atoms with Gasteiger partial charge in [-0.25, -0.2) is 0 Å². The normalized spacial score (nSPS) is 13.1. The Hall–Kier alpha value is -3.53. The number of aromatic nitrogens is 1. The maximum absolute atomic E-state index is 13.6. The zero-order valence-electron chi connectivity index (χ0n) is 17.5. The van der Waals surface area contributed by atoms with Crippen LogP contribution in [0.4, 0.5) is 5.69 Å². The SMILES string of the molecule is O=C(c1cn(CCCCc2ccccc2)c2ccccc12)N1CCOc2ccccc21. The van der Waals surface area contributed by atoms with Crippen molar-refractivity contribution in [3.05, 3.63) is 96.2 Å². The van der Waals surface area contributed by atoms with E-state index in [0.717, 1.165) is 53.7 Å². The van der Waals surface area contributed by atoms with Crippen LogP contribution in [-0.2, 0) is 13.0 Å². The maximum Gasteiger partial charge on any atom is 0.260 e. The summed E-state index contributed by atoms with van der Waals surface area (Å²) in [5.74, 6) is 0.807. The lowest BCUT2D eigenvalue weighted by Crippen LogP contribution is -2.37. The molecule has 156 valence electrons. The fraction of sp³-hybridized carbons (Fsp3) is 0.222. The molecule has 0 N–H and O–H groups in total. The quantitative estimate of drug-likeness (QED) is 0.382. The van der Waals surface area contributed by atoms with E-state index in [1.807, 2.05) is 47.5 Å². The monoisotopic (exact) mass is 410 g/mol. The van der Waals surface area contributed by atoms with Crippen LogP contribution in [0.25, 0.3) is 10.9 Å². The molecule has 4 heteroatoms. The van der Waals surface area contributed by atoms with Crippen LogP contribution < -0.4 is 9.64 Å². The Morgan fingerprint density at radius 2 is 1.65 bits per heavy atom. The van der Waals surface area contributed by atoms with Gasteiger partial charge in [0.2, 0.25) is 0 Å². The largest absolute Gasteiger partial charge is 0.490 e. The van der Waals surface area contributed by atoms with Crippen molar-refractivity contribution < 1.29 is 9.53 Å². The molecule has 4 aromatic rings. The van der Waals surface area contributed by atoms with Crippen molar-refractivity contribution in [2.45, 2.75) is 25.8 Å². The fourth-order valence-corrected chi connectivity index (χ4v) is 4.38. The van der Waals surface area contributed by atoms with E-state index >= 15 is 0 Å². The number of hydrogen-bond donors (Lipinski definition) is 0. The van der Waals surface area contributed by atoms with Crippen LogP contribution in [0.2, 0.25) is 0 Å². The predicted octanol–water partition coefficient (Wildman–Crippen LogP) is 5.70. The molecule has 5 rings (SSSR count). The van der Waals surface area contributed by atoms with Crippen molar-refractivity contribution >= 4 is 22.5 Å². The van der Waals surface area contributed by atoms with E-state index in [4.69, 9.17) is 4.74 Å². The summed E-state index contributed by atoms with van der Waals surface area (Å²) in [7, 11) is 0. The molecule has 0 atom stereocenters. The number of ether oxygens (including phenoxy) is 1. The van der Waals surface area contributed by atoms with Gasteiger partial charge in [-0.3, -0.25) is 4.79 Å². The van der Waals surface area contributed by atoms with Gasteiger partial charge in [-0.05, 0) is 43.0 Å². The van der Waals surface area contributed by atoms with E-state index in [9.17, 15) is 4.79 Å². The highest BCUT2D eigenvalue weighted by Gasteiger charge is 2.26. The lowest BCUT2D eigenvalue weighted by atomic mass is 10.1. The Morgan fingerprint density at radius 3 is 2.55 bits per heavy atom. The minimum absolute atomic E-state index is 0.0370. The molecule has 1 amide bonds. The second-order valence-electron chi connectivity index (χ2n) is 7.97. The molecule has 0 radical (unpaired) electrons. The summed E-state index contributed by atoms with van der Waals surface area (Å²) in [5.41, 5.74) is 4.10. The molecule has 0 bridgehead atoms. The average Bonchev–Trinajstić information content (AvgIpc) is 3.20. The Kier molecular flexibility index (Phi) is 5.44. The summed E-state index contributed by atoms with van der Waals surface area (Å²) in [6.45, 7) is 1.98. The van der Waals surface area contributed by atoms with E-state index < -0.39 is 0 Å². The highest BCUT2D eigenvalue weighted by atomic mass is 16.5. The Bertz CT molecular complexity index is 1200. The zero-order chi connectivity index (χ0) is 21.0. The third-order valence-electron chi connectivity index (χ3n) is 5.95. The first kappa shape index (κ1) is 19.4. The maximum atomic E-state index is 13.6. The molecule has 0 spiro atoms. The number of benzene rings is 3. The lowest BCUT2D eigenvalue weighted by molar-refractivity contribution is 0.0978. The molecular formula is C27H26N2O2. The minimum Gasteiger partial charge on any atom is -0.490 e. The fourth-order valence-electron chi connectivity index (χ4n) is 4.38. The molecule has 0 saturated carbocycles. The van der Waals surface area contributed by atoms with E-state index in [1.54, 1.807) is 0 Å². The minimum atomic E-state index is 0.0370. The average molecular weight is 411 g/mol. The van der Waals surface area contributed by atoms with Crippen molar-refractivity contribution in [3.63, 3.8) is 0 Å². The first-order chi connectivity index (χ1) is 15.3. The van der Waals surface area contributed by atoms with Crippen molar-refractivity contribution in [3.8, 4) is 5.75 Å². The third-order valence-corrected chi connectivity index (χ3v) is 5.95. The molecule has 4 nitrogen and oxygen atoms in total. The zero-order valence-corrected chi connectivity index (χ0v) is 17.5. The Morgan fingerprint density at radius 1 is 0.871 bits per heavy atom. The number of nitrogens with zero attached hydrogens (tertiary/aromatic N) is 2. The molecule has 1 aliphatic heterocycles. The van der Waals surface area contributed by atoms with Crippen molar-refractivity contribution in [2.24, 2.45) is 0 Å². The van der Waals surface area contributed by atoms with Gasteiger partial charge in [-0.15, -0.1) is 0 Å². The standard InChI is InChI=1S/C27H26N2O2/c30-27(29-18-19-31-26-16-7-6-15-25(26)29)23-20-28(24-14-5-4-13-22(23)24)17-9-8-12-21-10-2-1-3-11-21/h1-7,10-11,13-16,20H,8-9,12,17-19H2. The molecule has 3 aromatic carbocycles. The van der Waals surface area contributed by atoms with Crippen LogP contribution in [0.15, 0.2) is 85.1 Å². The summed E-state index contributed by atoms with van der Waals surface area (Å²) in [4.78, 5) is 15.4. The van der Waals surface area contributed by atoms with Gasteiger partial charge in [0, 0.05) is 23.6 Å². The predicted molar refractivity (Wildman–Crippen MR) is 125 cm³/mol. The third kappa shape index (κ3) is 3.93. The molecule has 1 aliphatic rings. The van der Waals surface area contributed by atoms with Gasteiger partial charge in [-0.2, -0.15) is 0 Å².